The predicted molar refractivity (Wildman–Crippen MR) is 121 cm³/mol. The number of amides is 2. The molecule has 2 amide bonds. The van der Waals surface area contributed by atoms with Crippen molar-refractivity contribution in [2.24, 2.45) is 0 Å². The molecular weight excluding hydrogens is 394 g/mol. The normalized spacial score (nSPS) is 10.1. The van der Waals surface area contributed by atoms with Crippen LogP contribution >= 0.6 is 0 Å². The van der Waals surface area contributed by atoms with Crippen LogP contribution in [0.1, 0.15) is 10.4 Å². The van der Waals surface area contributed by atoms with Crippen LogP contribution in [-0.2, 0) is 4.79 Å². The van der Waals surface area contributed by atoms with Gasteiger partial charge in [-0.2, -0.15) is 0 Å². The van der Waals surface area contributed by atoms with E-state index >= 15 is 0 Å². The Morgan fingerprint density at radius 2 is 1.45 bits per heavy atom. The van der Waals surface area contributed by atoms with Gasteiger partial charge in [-0.15, -0.1) is 0 Å². The van der Waals surface area contributed by atoms with Crippen LogP contribution in [-0.4, -0.2) is 38.6 Å². The summed E-state index contributed by atoms with van der Waals surface area (Å²) in [5.41, 5.74) is 1.80. The Morgan fingerprint density at radius 3 is 2.23 bits per heavy atom. The second-order valence-electron chi connectivity index (χ2n) is 6.60. The standard InChI is InChI=1S/C24H25N3O4/c1-25-24(29)18-7-5-9-20(15-18)27-23(28)17-26-19-8-6-12-22(16-19)31-14-13-30-21-10-3-2-4-11-21/h2-12,15-16,26H,13-14,17H2,1H3,(H,25,29)(H,27,28). The van der Waals surface area contributed by atoms with Crippen molar-refractivity contribution < 1.29 is 19.1 Å². The van der Waals surface area contributed by atoms with E-state index in [4.69, 9.17) is 9.47 Å². The van der Waals surface area contributed by atoms with Gasteiger partial charge in [-0.25, -0.2) is 0 Å². The first-order chi connectivity index (χ1) is 15.1. The first kappa shape index (κ1) is 21.7. The molecule has 0 fully saturated rings. The number of anilines is 2. The highest BCUT2D eigenvalue weighted by Gasteiger charge is 2.07. The van der Waals surface area contributed by atoms with E-state index < -0.39 is 0 Å². The molecule has 3 aromatic carbocycles. The lowest BCUT2D eigenvalue weighted by molar-refractivity contribution is -0.114. The zero-order chi connectivity index (χ0) is 21.9. The van der Waals surface area contributed by atoms with Crippen molar-refractivity contribution in [3.8, 4) is 11.5 Å². The van der Waals surface area contributed by atoms with E-state index in [1.807, 2.05) is 54.6 Å². The molecule has 0 saturated heterocycles. The molecule has 0 aliphatic heterocycles. The third-order valence-corrected chi connectivity index (χ3v) is 4.29. The third kappa shape index (κ3) is 7.08. The Balaban J connectivity index is 1.44. The Morgan fingerprint density at radius 1 is 0.774 bits per heavy atom. The van der Waals surface area contributed by atoms with E-state index in [0.29, 0.717) is 30.2 Å². The van der Waals surface area contributed by atoms with Gasteiger partial charge in [0.05, 0.1) is 6.54 Å². The van der Waals surface area contributed by atoms with Gasteiger partial charge in [-0.3, -0.25) is 9.59 Å². The Hall–Kier alpha value is -4.00. The van der Waals surface area contributed by atoms with Crippen molar-refractivity contribution in [1.82, 2.24) is 5.32 Å². The van der Waals surface area contributed by atoms with Crippen molar-refractivity contribution in [2.45, 2.75) is 0 Å². The van der Waals surface area contributed by atoms with Gasteiger partial charge in [-0.05, 0) is 42.5 Å². The summed E-state index contributed by atoms with van der Waals surface area (Å²) in [6.07, 6.45) is 0. The summed E-state index contributed by atoms with van der Waals surface area (Å²) >= 11 is 0. The number of hydrogen-bond acceptors (Lipinski definition) is 5. The minimum Gasteiger partial charge on any atom is -0.490 e. The summed E-state index contributed by atoms with van der Waals surface area (Å²) in [6, 6.07) is 23.7. The number of carbonyl (C=O) groups excluding carboxylic acids is 2. The van der Waals surface area contributed by atoms with E-state index in [0.717, 1.165) is 11.4 Å². The highest BCUT2D eigenvalue weighted by atomic mass is 16.5. The van der Waals surface area contributed by atoms with Crippen LogP contribution < -0.4 is 25.4 Å². The number of nitrogens with one attached hydrogen (secondary N) is 3. The molecule has 7 heteroatoms. The lowest BCUT2D eigenvalue weighted by Crippen LogP contribution is -2.22. The smallest absolute Gasteiger partial charge is 0.251 e. The van der Waals surface area contributed by atoms with Gasteiger partial charge in [-0.1, -0.05) is 30.3 Å². The minimum absolute atomic E-state index is 0.0742. The SMILES string of the molecule is CNC(=O)c1cccc(NC(=O)CNc2cccc(OCCOc3ccccc3)c2)c1. The Bertz CT molecular complexity index is 1010. The molecule has 7 nitrogen and oxygen atoms in total. The van der Waals surface area contributed by atoms with E-state index in [1.165, 1.54) is 0 Å². The van der Waals surface area contributed by atoms with Gasteiger partial charge in [0.25, 0.3) is 5.91 Å². The monoisotopic (exact) mass is 419 g/mol. The molecule has 0 saturated carbocycles. The molecule has 0 aromatic heterocycles. The number of rotatable bonds is 10. The van der Waals surface area contributed by atoms with Crippen molar-refractivity contribution >= 4 is 23.2 Å². The zero-order valence-corrected chi connectivity index (χ0v) is 17.3. The molecular formula is C24H25N3O4. The molecule has 160 valence electrons. The van der Waals surface area contributed by atoms with Crippen LogP contribution in [0.25, 0.3) is 0 Å². The number of carbonyl (C=O) groups is 2. The largest absolute Gasteiger partial charge is 0.490 e. The lowest BCUT2D eigenvalue weighted by atomic mass is 10.2. The van der Waals surface area contributed by atoms with Crippen LogP contribution in [0.5, 0.6) is 11.5 Å². The zero-order valence-electron chi connectivity index (χ0n) is 17.3. The Kier molecular flexibility index (Phi) is 7.88. The van der Waals surface area contributed by atoms with Gasteiger partial charge < -0.3 is 25.4 Å². The highest BCUT2D eigenvalue weighted by molar-refractivity contribution is 5.98. The van der Waals surface area contributed by atoms with Crippen LogP contribution in [0.4, 0.5) is 11.4 Å². The van der Waals surface area contributed by atoms with Gasteiger partial charge >= 0.3 is 0 Å². The highest BCUT2D eigenvalue weighted by Crippen LogP contribution is 2.17. The van der Waals surface area contributed by atoms with Crippen LogP contribution in [0, 0.1) is 0 Å². The summed E-state index contributed by atoms with van der Waals surface area (Å²) < 4.78 is 11.3. The molecule has 31 heavy (non-hydrogen) atoms. The minimum atomic E-state index is -0.225. The number of benzene rings is 3. The second-order valence-corrected chi connectivity index (χ2v) is 6.60. The Labute approximate surface area is 181 Å². The number of hydrogen-bond donors (Lipinski definition) is 3. The fraction of sp³-hybridized carbons (Fsp3) is 0.167. The molecule has 3 N–H and O–H groups in total. The quantitative estimate of drug-likeness (QED) is 0.438. The fourth-order valence-electron chi connectivity index (χ4n) is 2.80. The van der Waals surface area contributed by atoms with Gasteiger partial charge in [0, 0.05) is 30.1 Å². The van der Waals surface area contributed by atoms with E-state index in [2.05, 4.69) is 16.0 Å². The van der Waals surface area contributed by atoms with E-state index in [9.17, 15) is 9.59 Å². The number of para-hydroxylation sites is 1. The molecule has 0 aliphatic carbocycles. The van der Waals surface area contributed by atoms with Crippen LogP contribution in [0.15, 0.2) is 78.9 Å². The first-order valence-corrected chi connectivity index (χ1v) is 9.90. The maximum Gasteiger partial charge on any atom is 0.251 e. The van der Waals surface area contributed by atoms with Gasteiger partial charge in [0.1, 0.15) is 24.7 Å². The molecule has 0 radical (unpaired) electrons. The van der Waals surface area contributed by atoms with Crippen LogP contribution in [0.2, 0.25) is 0 Å². The van der Waals surface area contributed by atoms with Crippen molar-refractivity contribution in [3.63, 3.8) is 0 Å². The molecule has 0 aliphatic rings. The average molecular weight is 419 g/mol. The first-order valence-electron chi connectivity index (χ1n) is 9.90. The third-order valence-electron chi connectivity index (χ3n) is 4.29. The summed E-state index contributed by atoms with van der Waals surface area (Å²) in [6.45, 7) is 0.907. The van der Waals surface area contributed by atoms with Crippen molar-refractivity contribution in [3.05, 3.63) is 84.4 Å². The van der Waals surface area contributed by atoms with Crippen molar-refractivity contribution in [1.29, 1.82) is 0 Å². The summed E-state index contributed by atoms with van der Waals surface area (Å²) in [5, 5.41) is 8.40. The summed E-state index contributed by atoms with van der Waals surface area (Å²) in [5.74, 6) is 1.05. The van der Waals surface area contributed by atoms with E-state index in [-0.39, 0.29) is 18.4 Å². The van der Waals surface area contributed by atoms with Gasteiger partial charge in [0.2, 0.25) is 5.91 Å². The molecule has 3 rings (SSSR count). The van der Waals surface area contributed by atoms with Gasteiger partial charge in [0.15, 0.2) is 0 Å². The summed E-state index contributed by atoms with van der Waals surface area (Å²) in [4.78, 5) is 23.9. The second kappa shape index (κ2) is 11.3. The van der Waals surface area contributed by atoms with Crippen molar-refractivity contribution in [2.75, 3.05) is 37.4 Å². The molecule has 0 bridgehead atoms. The topological polar surface area (TPSA) is 88.7 Å². The maximum absolute atomic E-state index is 12.2. The molecule has 0 spiro atoms. The van der Waals surface area contributed by atoms with Crippen LogP contribution in [0.3, 0.4) is 0 Å². The molecule has 0 unspecified atom stereocenters. The molecule has 0 heterocycles. The molecule has 3 aromatic rings. The lowest BCUT2D eigenvalue weighted by Gasteiger charge is -2.11. The fourth-order valence-corrected chi connectivity index (χ4v) is 2.80. The van der Waals surface area contributed by atoms with E-state index in [1.54, 1.807) is 31.3 Å². The number of ether oxygens (including phenoxy) is 2. The maximum atomic E-state index is 12.2. The predicted octanol–water partition coefficient (Wildman–Crippen LogP) is 3.55. The average Bonchev–Trinajstić information content (AvgIpc) is 2.81. The summed E-state index contributed by atoms with van der Waals surface area (Å²) in [7, 11) is 1.56. The molecule has 0 atom stereocenters.